The zero-order chi connectivity index (χ0) is 15.3. The second-order valence-corrected chi connectivity index (χ2v) is 8.41. The number of hydrogen-bond donors (Lipinski definition) is 1. The maximum atomic E-state index is 12.5. The van der Waals surface area contributed by atoms with Crippen LogP contribution in [0.1, 0.15) is 46.5 Å². The predicted octanol–water partition coefficient (Wildman–Crippen LogP) is 1.18. The van der Waals surface area contributed by atoms with E-state index in [1.54, 1.807) is 4.90 Å². The molecule has 2 N–H and O–H groups in total. The fourth-order valence-corrected chi connectivity index (χ4v) is 4.37. The molecular formula is C14H28N2O3S. The van der Waals surface area contributed by atoms with Gasteiger partial charge >= 0.3 is 0 Å². The van der Waals surface area contributed by atoms with Crippen molar-refractivity contribution in [2.75, 3.05) is 18.1 Å². The number of carbonyl (C=O) groups is 1. The minimum atomic E-state index is -2.98. The molecule has 0 aromatic heterocycles. The van der Waals surface area contributed by atoms with Gasteiger partial charge in [-0.05, 0) is 25.2 Å². The molecule has 20 heavy (non-hydrogen) atoms. The molecule has 0 aromatic rings. The Bertz CT molecular complexity index is 420. The van der Waals surface area contributed by atoms with Crippen LogP contribution in [0.5, 0.6) is 0 Å². The summed E-state index contributed by atoms with van der Waals surface area (Å²) in [5.74, 6) is 0.549. The van der Waals surface area contributed by atoms with E-state index in [0.717, 1.165) is 12.8 Å². The average molecular weight is 304 g/mol. The predicted molar refractivity (Wildman–Crippen MR) is 81.1 cm³/mol. The van der Waals surface area contributed by atoms with Crippen LogP contribution in [0.15, 0.2) is 0 Å². The SMILES string of the molecule is CCCCN(C(=O)[C@H](N)CC(C)C)C1CCS(=O)(=O)C1. The summed E-state index contributed by atoms with van der Waals surface area (Å²) in [5.41, 5.74) is 5.99. The van der Waals surface area contributed by atoms with E-state index in [1.165, 1.54) is 0 Å². The largest absolute Gasteiger partial charge is 0.337 e. The van der Waals surface area contributed by atoms with Gasteiger partial charge in [0, 0.05) is 12.6 Å². The first kappa shape index (κ1) is 17.4. The molecule has 1 unspecified atom stereocenters. The van der Waals surface area contributed by atoms with Crippen molar-refractivity contribution in [1.82, 2.24) is 4.90 Å². The number of nitrogens with zero attached hydrogens (tertiary/aromatic N) is 1. The molecular weight excluding hydrogens is 276 g/mol. The molecule has 0 spiro atoms. The Labute approximate surface area is 122 Å². The minimum absolute atomic E-state index is 0.0887. The van der Waals surface area contributed by atoms with Crippen LogP contribution in [-0.4, -0.2) is 49.4 Å². The number of unbranched alkanes of at least 4 members (excludes halogenated alkanes) is 1. The van der Waals surface area contributed by atoms with Crippen LogP contribution in [0.3, 0.4) is 0 Å². The molecule has 1 aliphatic heterocycles. The summed E-state index contributed by atoms with van der Waals surface area (Å²) in [6.45, 7) is 6.73. The monoisotopic (exact) mass is 304 g/mol. The summed E-state index contributed by atoms with van der Waals surface area (Å²) < 4.78 is 23.2. The quantitative estimate of drug-likeness (QED) is 0.766. The zero-order valence-electron chi connectivity index (χ0n) is 12.8. The zero-order valence-corrected chi connectivity index (χ0v) is 13.7. The topological polar surface area (TPSA) is 80.5 Å². The average Bonchev–Trinajstić information content (AvgIpc) is 2.69. The van der Waals surface area contributed by atoms with Crippen LogP contribution >= 0.6 is 0 Å². The molecule has 6 heteroatoms. The molecule has 1 saturated heterocycles. The number of rotatable bonds is 7. The molecule has 0 aliphatic carbocycles. The maximum Gasteiger partial charge on any atom is 0.239 e. The fourth-order valence-electron chi connectivity index (χ4n) is 2.64. The second-order valence-electron chi connectivity index (χ2n) is 6.18. The van der Waals surface area contributed by atoms with E-state index in [2.05, 4.69) is 6.92 Å². The van der Waals surface area contributed by atoms with Crippen LogP contribution in [0.25, 0.3) is 0 Å². The van der Waals surface area contributed by atoms with Gasteiger partial charge in [0.15, 0.2) is 9.84 Å². The van der Waals surface area contributed by atoms with Crippen molar-refractivity contribution in [2.24, 2.45) is 11.7 Å². The van der Waals surface area contributed by atoms with E-state index < -0.39 is 15.9 Å². The number of amides is 1. The Morgan fingerprint density at radius 1 is 1.40 bits per heavy atom. The summed E-state index contributed by atoms with van der Waals surface area (Å²) in [6, 6.07) is -0.701. The van der Waals surface area contributed by atoms with Crippen LogP contribution in [0, 0.1) is 5.92 Å². The van der Waals surface area contributed by atoms with Crippen LogP contribution in [0.2, 0.25) is 0 Å². The van der Waals surface area contributed by atoms with Gasteiger partial charge in [-0.15, -0.1) is 0 Å². The third-order valence-electron chi connectivity index (χ3n) is 3.73. The number of carbonyl (C=O) groups excluding carboxylic acids is 1. The lowest BCUT2D eigenvalue weighted by Gasteiger charge is -2.31. The molecule has 0 bridgehead atoms. The molecule has 1 amide bonds. The third kappa shape index (κ3) is 5.05. The van der Waals surface area contributed by atoms with Crippen molar-refractivity contribution in [1.29, 1.82) is 0 Å². The Morgan fingerprint density at radius 3 is 2.50 bits per heavy atom. The van der Waals surface area contributed by atoms with Crippen LogP contribution in [-0.2, 0) is 14.6 Å². The second kappa shape index (κ2) is 7.41. The molecule has 5 nitrogen and oxygen atoms in total. The lowest BCUT2D eigenvalue weighted by atomic mass is 10.0. The number of nitrogens with two attached hydrogens (primary N) is 1. The summed E-state index contributed by atoms with van der Waals surface area (Å²) in [6.07, 6.45) is 3.05. The van der Waals surface area contributed by atoms with Gasteiger partial charge in [0.05, 0.1) is 17.5 Å². The number of sulfone groups is 1. The van der Waals surface area contributed by atoms with Crippen molar-refractivity contribution in [3.63, 3.8) is 0 Å². The Morgan fingerprint density at radius 2 is 2.05 bits per heavy atom. The molecule has 2 atom stereocenters. The van der Waals surface area contributed by atoms with Crippen LogP contribution in [0.4, 0.5) is 0 Å². The van der Waals surface area contributed by atoms with E-state index >= 15 is 0 Å². The first-order valence-corrected chi connectivity index (χ1v) is 9.35. The highest BCUT2D eigenvalue weighted by molar-refractivity contribution is 7.91. The van der Waals surface area contributed by atoms with Gasteiger partial charge in [-0.3, -0.25) is 4.79 Å². The normalized spacial score (nSPS) is 22.9. The molecule has 0 saturated carbocycles. The molecule has 0 aromatic carbocycles. The van der Waals surface area contributed by atoms with Crippen molar-refractivity contribution in [2.45, 2.75) is 58.5 Å². The van der Waals surface area contributed by atoms with Gasteiger partial charge in [0.25, 0.3) is 0 Å². The van der Waals surface area contributed by atoms with E-state index in [-0.39, 0.29) is 23.5 Å². The molecule has 1 heterocycles. The highest BCUT2D eigenvalue weighted by atomic mass is 32.2. The lowest BCUT2D eigenvalue weighted by Crippen LogP contribution is -2.50. The molecule has 1 aliphatic rings. The smallest absolute Gasteiger partial charge is 0.239 e. The third-order valence-corrected chi connectivity index (χ3v) is 5.48. The van der Waals surface area contributed by atoms with E-state index in [0.29, 0.717) is 25.3 Å². The van der Waals surface area contributed by atoms with Crippen LogP contribution < -0.4 is 5.73 Å². The molecule has 0 radical (unpaired) electrons. The Balaban J connectivity index is 2.75. The summed E-state index contributed by atoms with van der Waals surface area (Å²) in [7, 11) is -2.98. The van der Waals surface area contributed by atoms with Gasteiger partial charge in [0.2, 0.25) is 5.91 Å². The highest BCUT2D eigenvalue weighted by Crippen LogP contribution is 2.20. The van der Waals surface area contributed by atoms with Gasteiger partial charge in [-0.25, -0.2) is 8.42 Å². The summed E-state index contributed by atoms with van der Waals surface area (Å²) in [4.78, 5) is 14.2. The van der Waals surface area contributed by atoms with Crippen molar-refractivity contribution < 1.29 is 13.2 Å². The van der Waals surface area contributed by atoms with Gasteiger partial charge in [-0.2, -0.15) is 0 Å². The van der Waals surface area contributed by atoms with Gasteiger partial charge in [0.1, 0.15) is 0 Å². The standard InChI is InChI=1S/C14H28N2O3S/c1-4-5-7-16(12-6-8-20(18,19)10-12)14(17)13(15)9-11(2)3/h11-13H,4-10,15H2,1-3H3/t12?,13-/m1/s1. The Kier molecular flexibility index (Phi) is 6.45. The van der Waals surface area contributed by atoms with Crippen molar-refractivity contribution in [3.8, 4) is 0 Å². The Hall–Kier alpha value is -0.620. The van der Waals surface area contributed by atoms with Crippen molar-refractivity contribution in [3.05, 3.63) is 0 Å². The van der Waals surface area contributed by atoms with E-state index in [9.17, 15) is 13.2 Å². The van der Waals surface area contributed by atoms with E-state index in [4.69, 9.17) is 5.73 Å². The molecule has 1 fully saturated rings. The van der Waals surface area contributed by atoms with Crippen molar-refractivity contribution >= 4 is 15.7 Å². The first-order chi connectivity index (χ1) is 9.26. The first-order valence-electron chi connectivity index (χ1n) is 7.53. The van der Waals surface area contributed by atoms with Gasteiger partial charge in [-0.1, -0.05) is 27.2 Å². The van der Waals surface area contributed by atoms with Gasteiger partial charge < -0.3 is 10.6 Å². The highest BCUT2D eigenvalue weighted by Gasteiger charge is 2.35. The molecule has 1 rings (SSSR count). The summed E-state index contributed by atoms with van der Waals surface area (Å²) in [5, 5.41) is 0. The lowest BCUT2D eigenvalue weighted by molar-refractivity contribution is -0.135. The summed E-state index contributed by atoms with van der Waals surface area (Å²) >= 11 is 0. The minimum Gasteiger partial charge on any atom is -0.337 e. The number of hydrogen-bond acceptors (Lipinski definition) is 4. The van der Waals surface area contributed by atoms with E-state index in [1.807, 2.05) is 13.8 Å². The fraction of sp³-hybridized carbons (Fsp3) is 0.929. The molecule has 118 valence electrons. The maximum absolute atomic E-state index is 12.5.